The molecular formula is C49H52Cl2FN5O5. The molecule has 62 heavy (non-hydrogen) atoms. The summed E-state index contributed by atoms with van der Waals surface area (Å²) in [5.74, 6) is 4.24. The maximum atomic E-state index is 16.3. The molecule has 1 unspecified atom stereocenters. The fourth-order valence-electron chi connectivity index (χ4n) is 11.7. The van der Waals surface area contributed by atoms with Gasteiger partial charge in [0.25, 0.3) is 5.91 Å². The molecule has 13 heteroatoms. The molecule has 4 amide bonds. The molecule has 5 aliphatic heterocycles. The molecule has 0 aromatic heterocycles. The Hall–Kier alpha value is -4.60. The first kappa shape index (κ1) is 42.7. The number of Topliss-reactive ketones (excluding diaryl/α,β-unsaturated/α-hetero) is 1. The van der Waals surface area contributed by atoms with Gasteiger partial charge in [0.15, 0.2) is 5.78 Å². The molecule has 0 radical (unpaired) electrons. The van der Waals surface area contributed by atoms with Crippen LogP contribution in [0.1, 0.15) is 128 Å². The first-order valence-electron chi connectivity index (χ1n) is 22.3. The van der Waals surface area contributed by atoms with E-state index in [0.29, 0.717) is 54.1 Å². The number of benzene rings is 3. The Bertz CT molecular complexity index is 2380. The predicted molar refractivity (Wildman–Crippen MR) is 235 cm³/mol. The molecular weight excluding hydrogens is 828 g/mol. The second-order valence-electron chi connectivity index (χ2n) is 18.1. The number of halogens is 3. The molecule has 9 rings (SSSR count). The van der Waals surface area contributed by atoms with Gasteiger partial charge in [-0.15, -0.1) is 0 Å². The number of hydrogen-bond acceptors (Lipinski definition) is 7. The molecule has 3 N–H and O–H groups in total. The second-order valence-corrected chi connectivity index (χ2v) is 19.0. The van der Waals surface area contributed by atoms with Gasteiger partial charge in [-0.05, 0) is 118 Å². The van der Waals surface area contributed by atoms with Gasteiger partial charge in [-0.1, -0.05) is 85.0 Å². The first-order chi connectivity index (χ1) is 30.0. The zero-order valence-corrected chi connectivity index (χ0v) is 36.3. The van der Waals surface area contributed by atoms with E-state index in [-0.39, 0.29) is 40.9 Å². The topological polar surface area (TPSA) is 128 Å². The van der Waals surface area contributed by atoms with E-state index in [0.717, 1.165) is 94.1 Å². The van der Waals surface area contributed by atoms with Crippen molar-refractivity contribution in [2.24, 2.45) is 5.92 Å². The third kappa shape index (κ3) is 7.55. The number of amides is 4. The smallest absolute Gasteiger partial charge is 0.255 e. The summed E-state index contributed by atoms with van der Waals surface area (Å²) in [6.45, 7) is 3.09. The Morgan fingerprint density at radius 2 is 1.69 bits per heavy atom. The Morgan fingerprint density at radius 3 is 2.48 bits per heavy atom. The average molecular weight is 881 g/mol. The summed E-state index contributed by atoms with van der Waals surface area (Å²) < 4.78 is 16.3. The Labute approximate surface area is 372 Å². The van der Waals surface area contributed by atoms with E-state index in [9.17, 15) is 24.0 Å². The van der Waals surface area contributed by atoms with Crippen molar-refractivity contribution in [1.29, 1.82) is 0 Å². The molecule has 4 atom stereocenters. The van der Waals surface area contributed by atoms with Crippen LogP contribution >= 0.6 is 23.2 Å². The second kappa shape index (κ2) is 17.5. The molecule has 1 aliphatic carbocycles. The first-order valence-corrected chi connectivity index (χ1v) is 23.1. The summed E-state index contributed by atoms with van der Waals surface area (Å²) in [6.07, 6.45) is 10.7. The molecule has 5 heterocycles. The number of likely N-dealkylation sites (tertiary alicyclic amines) is 1. The van der Waals surface area contributed by atoms with Gasteiger partial charge >= 0.3 is 0 Å². The molecule has 3 saturated heterocycles. The van der Waals surface area contributed by atoms with Gasteiger partial charge in [0, 0.05) is 59.1 Å². The molecule has 3 aromatic rings. The van der Waals surface area contributed by atoms with Crippen LogP contribution in [0.2, 0.25) is 10.0 Å². The van der Waals surface area contributed by atoms with Gasteiger partial charge in [-0.2, -0.15) is 0 Å². The van der Waals surface area contributed by atoms with Crippen molar-refractivity contribution in [3.63, 3.8) is 0 Å². The molecule has 324 valence electrons. The molecule has 0 bridgehead atoms. The number of hydrogen-bond donors (Lipinski definition) is 3. The van der Waals surface area contributed by atoms with Gasteiger partial charge in [0.1, 0.15) is 17.3 Å². The maximum absolute atomic E-state index is 16.3. The van der Waals surface area contributed by atoms with Crippen LogP contribution in [0, 0.1) is 23.6 Å². The zero-order valence-electron chi connectivity index (χ0n) is 34.8. The van der Waals surface area contributed by atoms with E-state index in [1.165, 1.54) is 6.07 Å². The van der Waals surface area contributed by atoms with Crippen molar-refractivity contribution >= 4 is 58.3 Å². The highest BCUT2D eigenvalue weighted by molar-refractivity contribution is 6.31. The van der Waals surface area contributed by atoms with E-state index in [1.54, 1.807) is 35.2 Å². The van der Waals surface area contributed by atoms with E-state index >= 15 is 4.39 Å². The number of fused-ring (bicyclic) bond motifs is 4. The Kier molecular flexibility index (Phi) is 12.1. The molecule has 3 aromatic carbocycles. The average Bonchev–Trinajstić information content (AvgIpc) is 3.86. The zero-order chi connectivity index (χ0) is 43.2. The van der Waals surface area contributed by atoms with E-state index < -0.39 is 40.7 Å². The fraction of sp³-hybridized carbons (Fsp3) is 0.490. The van der Waals surface area contributed by atoms with Crippen LogP contribution in [0.4, 0.5) is 10.1 Å². The number of rotatable bonds is 10. The minimum atomic E-state index is -1.22. The van der Waals surface area contributed by atoms with Crippen molar-refractivity contribution in [3.8, 4) is 11.8 Å². The van der Waals surface area contributed by atoms with Crippen molar-refractivity contribution in [3.05, 3.63) is 98.3 Å². The lowest BCUT2D eigenvalue weighted by atomic mass is 9.55. The molecule has 10 nitrogen and oxygen atoms in total. The summed E-state index contributed by atoms with van der Waals surface area (Å²) in [5, 5.41) is 9.72. The van der Waals surface area contributed by atoms with Gasteiger partial charge in [-0.25, -0.2) is 4.39 Å². The lowest BCUT2D eigenvalue weighted by Gasteiger charge is -2.47. The molecule has 1 saturated carbocycles. The minimum absolute atomic E-state index is 0.0182. The van der Waals surface area contributed by atoms with Crippen molar-refractivity contribution < 1.29 is 28.4 Å². The summed E-state index contributed by atoms with van der Waals surface area (Å²) >= 11 is 12.9. The SMILES string of the molecule is O=C1CCC(N2Cc3c(C#CCCCCCN4CCC(CC(=O)[C@@H]5NC6(CCCCC6)[C@@]6(C(=O)Nc7cc(Cl)ccc76)[C@H]5c5cccc(Cl)c5F)CC4)cccc3C2=O)C(=O)N1. The number of nitrogens with zero attached hydrogens (tertiary/aromatic N) is 2. The van der Waals surface area contributed by atoms with Crippen LogP contribution in [0.5, 0.6) is 0 Å². The van der Waals surface area contributed by atoms with Crippen LogP contribution < -0.4 is 16.0 Å². The van der Waals surface area contributed by atoms with Gasteiger partial charge in [0.05, 0.1) is 11.1 Å². The number of anilines is 1. The highest BCUT2D eigenvalue weighted by Crippen LogP contribution is 2.63. The van der Waals surface area contributed by atoms with Crippen LogP contribution in [-0.4, -0.2) is 76.5 Å². The molecule has 4 fully saturated rings. The largest absolute Gasteiger partial charge is 0.325 e. The number of carbonyl (C=O) groups excluding carboxylic acids is 5. The van der Waals surface area contributed by atoms with Crippen molar-refractivity contribution in [2.45, 2.75) is 125 Å². The van der Waals surface area contributed by atoms with Gasteiger partial charge < -0.3 is 15.1 Å². The quantitative estimate of drug-likeness (QED) is 0.108. The molecule has 6 aliphatic rings. The number of carbonyl (C=O) groups is 5. The number of unbranched alkanes of at least 4 members (excludes halogenated alkanes) is 3. The van der Waals surface area contributed by atoms with Crippen molar-refractivity contribution in [1.82, 2.24) is 20.4 Å². The number of piperidine rings is 2. The number of ketones is 1. The van der Waals surface area contributed by atoms with Gasteiger partial charge in [0.2, 0.25) is 17.7 Å². The van der Waals surface area contributed by atoms with E-state index in [2.05, 4.69) is 32.7 Å². The highest BCUT2D eigenvalue weighted by Gasteiger charge is 2.72. The van der Waals surface area contributed by atoms with E-state index in [1.807, 2.05) is 18.2 Å². The number of nitrogens with one attached hydrogen (secondary N) is 3. The van der Waals surface area contributed by atoms with Crippen LogP contribution in [0.25, 0.3) is 0 Å². The predicted octanol–water partition coefficient (Wildman–Crippen LogP) is 7.83. The third-order valence-electron chi connectivity index (χ3n) is 14.6. The minimum Gasteiger partial charge on any atom is -0.325 e. The number of imide groups is 1. The summed E-state index contributed by atoms with van der Waals surface area (Å²) in [4.78, 5) is 70.7. The standard InChI is InChI=1S/C49H52Cl2FN5O5/c50-32-16-17-36-38(28-32)53-47(62)49(36)42(34-14-10-15-37(51)43(34)52)44(55-48(49)22-6-4-7-23-48)40(58)27-30-20-25-56(26-21-30)24-8-3-1-2-5-11-31-12-9-13-33-35(31)29-57(46(33)61)39-18-19-41(59)54-45(39)60/h9-10,12-17,28,30,39,42,44,55H,1-4,6-8,18-27,29H2,(H,53,62)(H,54,59,60)/t39?,42-,44-,49+/m0/s1. The summed E-state index contributed by atoms with van der Waals surface area (Å²) in [7, 11) is 0. The van der Waals surface area contributed by atoms with Crippen LogP contribution in [0.3, 0.4) is 0 Å². The molecule has 2 spiro atoms. The Balaban J connectivity index is 0.801. The summed E-state index contributed by atoms with van der Waals surface area (Å²) in [6, 6.07) is 14.4. The van der Waals surface area contributed by atoms with Crippen LogP contribution in [-0.2, 0) is 31.1 Å². The highest BCUT2D eigenvalue weighted by atomic mass is 35.5. The maximum Gasteiger partial charge on any atom is 0.255 e. The monoisotopic (exact) mass is 879 g/mol. The normalized spacial score (nSPS) is 25.7. The van der Waals surface area contributed by atoms with Crippen molar-refractivity contribution in [2.75, 3.05) is 25.0 Å². The Morgan fingerprint density at radius 1 is 0.903 bits per heavy atom. The van der Waals surface area contributed by atoms with E-state index in [4.69, 9.17) is 23.2 Å². The lowest BCUT2D eigenvalue weighted by molar-refractivity contribution is -0.137. The fourth-order valence-corrected chi connectivity index (χ4v) is 12.0. The summed E-state index contributed by atoms with van der Waals surface area (Å²) in [5.41, 5.74) is 1.91. The third-order valence-corrected chi connectivity index (χ3v) is 15.2. The van der Waals surface area contributed by atoms with Crippen LogP contribution in [0.15, 0.2) is 54.6 Å². The lowest BCUT2D eigenvalue weighted by Crippen LogP contribution is -2.60. The van der Waals surface area contributed by atoms with Gasteiger partial charge in [-0.3, -0.25) is 34.6 Å².